The van der Waals surface area contributed by atoms with Crippen LogP contribution in [0.15, 0.2) is 18.3 Å². The van der Waals surface area contributed by atoms with Crippen molar-refractivity contribution in [2.24, 2.45) is 0 Å². The second-order valence-electron chi connectivity index (χ2n) is 7.24. The molecule has 0 aromatic carbocycles. The molecule has 2 aromatic rings. The van der Waals surface area contributed by atoms with Crippen molar-refractivity contribution in [1.29, 1.82) is 0 Å². The Bertz CT molecular complexity index is 894. The van der Waals surface area contributed by atoms with Crippen molar-refractivity contribution in [3.05, 3.63) is 18.3 Å². The van der Waals surface area contributed by atoms with E-state index in [-0.39, 0.29) is 17.7 Å². The minimum atomic E-state index is -2.97. The van der Waals surface area contributed by atoms with Crippen LogP contribution < -0.4 is 20.3 Å². The lowest BCUT2D eigenvalue weighted by atomic mass is 10.1. The van der Waals surface area contributed by atoms with Gasteiger partial charge in [-0.15, -0.1) is 0 Å². The Hall–Kier alpha value is -2.75. The molecule has 0 spiro atoms. The van der Waals surface area contributed by atoms with Crippen LogP contribution in [0.1, 0.15) is 12.8 Å². The maximum atomic E-state index is 12.7. The van der Waals surface area contributed by atoms with Gasteiger partial charge in [-0.2, -0.15) is 13.8 Å². The molecule has 28 heavy (non-hydrogen) atoms. The summed E-state index contributed by atoms with van der Waals surface area (Å²) in [6.07, 6.45) is 3.84. The van der Waals surface area contributed by atoms with Crippen LogP contribution in [-0.2, 0) is 4.74 Å². The second kappa shape index (κ2) is 6.69. The number of nitrogens with zero attached hydrogens (tertiary/aromatic N) is 5. The molecule has 2 atom stereocenters. The van der Waals surface area contributed by atoms with Crippen LogP contribution in [0.2, 0.25) is 0 Å². The molecule has 2 N–H and O–H groups in total. The molecule has 0 unspecified atom stereocenters. The quantitative estimate of drug-likeness (QED) is 0.828. The fourth-order valence-corrected chi connectivity index (χ4v) is 3.84. The zero-order valence-corrected chi connectivity index (χ0v) is 15.1. The van der Waals surface area contributed by atoms with E-state index in [4.69, 9.17) is 15.5 Å². The highest BCUT2D eigenvalue weighted by atomic mass is 19.3. The summed E-state index contributed by atoms with van der Waals surface area (Å²) < 4.78 is 35.5. The van der Waals surface area contributed by atoms with Gasteiger partial charge in [0, 0.05) is 37.5 Å². The molecule has 5 rings (SSSR count). The van der Waals surface area contributed by atoms with Gasteiger partial charge in [0.2, 0.25) is 5.95 Å². The van der Waals surface area contributed by atoms with Crippen LogP contribution >= 0.6 is 0 Å². The van der Waals surface area contributed by atoms with E-state index >= 15 is 0 Å². The second-order valence-corrected chi connectivity index (χ2v) is 7.24. The van der Waals surface area contributed by atoms with Gasteiger partial charge in [-0.3, -0.25) is 0 Å². The van der Waals surface area contributed by atoms with Gasteiger partial charge in [0.05, 0.1) is 24.4 Å². The predicted molar refractivity (Wildman–Crippen MR) is 98.6 cm³/mol. The van der Waals surface area contributed by atoms with E-state index in [0.717, 1.165) is 38.3 Å². The molecule has 3 saturated heterocycles. The zero-order chi connectivity index (χ0) is 19.3. The van der Waals surface area contributed by atoms with Crippen LogP contribution in [0.5, 0.6) is 5.75 Å². The first kappa shape index (κ1) is 17.4. The average Bonchev–Trinajstić information content (AvgIpc) is 3.25. The number of nitrogen functional groups attached to an aromatic ring is 1. The van der Waals surface area contributed by atoms with E-state index in [2.05, 4.69) is 24.5 Å². The standard InChI is InChI=1S/C18H20F2N6O2/c19-17(20)28-14-4-10(7-22-16(14)21)13-6-15(24-18(23-13)25-2-1-3-25)26-8-12-5-11(26)9-27-12/h4,6-7,11-12,17H,1-3,5,8-9H2,(H2,21,22)/t11-,12-/m0/s1. The van der Waals surface area contributed by atoms with E-state index in [1.54, 1.807) is 0 Å². The molecular weight excluding hydrogens is 370 g/mol. The molecule has 0 saturated carbocycles. The van der Waals surface area contributed by atoms with Crippen molar-refractivity contribution in [3.63, 3.8) is 0 Å². The summed E-state index contributed by atoms with van der Waals surface area (Å²) >= 11 is 0. The largest absolute Gasteiger partial charge is 0.431 e. The van der Waals surface area contributed by atoms with E-state index in [1.807, 2.05) is 6.07 Å². The molecule has 8 nitrogen and oxygen atoms in total. The molecule has 0 aliphatic carbocycles. The van der Waals surface area contributed by atoms with E-state index < -0.39 is 6.61 Å². The Morgan fingerprint density at radius 2 is 2.11 bits per heavy atom. The molecule has 0 radical (unpaired) electrons. The first-order chi connectivity index (χ1) is 13.6. The molecule has 2 aromatic heterocycles. The number of aromatic nitrogens is 3. The van der Waals surface area contributed by atoms with Crippen molar-refractivity contribution in [2.45, 2.75) is 31.6 Å². The number of fused-ring (bicyclic) bond motifs is 2. The van der Waals surface area contributed by atoms with E-state index in [1.165, 1.54) is 12.3 Å². The topological polar surface area (TPSA) is 89.6 Å². The van der Waals surface area contributed by atoms with Gasteiger partial charge in [0.15, 0.2) is 11.6 Å². The molecule has 5 heterocycles. The Kier molecular flexibility index (Phi) is 4.15. The fourth-order valence-electron chi connectivity index (χ4n) is 3.84. The number of nitrogens with two attached hydrogens (primary N) is 1. The van der Waals surface area contributed by atoms with Gasteiger partial charge in [-0.25, -0.2) is 9.97 Å². The summed E-state index contributed by atoms with van der Waals surface area (Å²) in [5.41, 5.74) is 6.81. The maximum absolute atomic E-state index is 12.7. The van der Waals surface area contributed by atoms with E-state index in [0.29, 0.717) is 29.9 Å². The Balaban J connectivity index is 1.54. The van der Waals surface area contributed by atoms with Gasteiger partial charge in [0.1, 0.15) is 5.82 Å². The van der Waals surface area contributed by atoms with Crippen molar-refractivity contribution < 1.29 is 18.3 Å². The van der Waals surface area contributed by atoms with Crippen LogP contribution in [0.4, 0.5) is 26.4 Å². The highest BCUT2D eigenvalue weighted by molar-refractivity contribution is 5.68. The number of alkyl halides is 2. The lowest BCUT2D eigenvalue weighted by Gasteiger charge is -2.33. The van der Waals surface area contributed by atoms with Crippen molar-refractivity contribution in [3.8, 4) is 17.0 Å². The zero-order valence-electron chi connectivity index (χ0n) is 15.1. The minimum Gasteiger partial charge on any atom is -0.431 e. The van der Waals surface area contributed by atoms with Gasteiger partial charge in [-0.05, 0) is 18.9 Å². The SMILES string of the molecule is Nc1ncc(-c2cc(N3C[C@@H]4C[C@H]3CO4)nc(N3CCC3)n2)cc1OC(F)F. The summed E-state index contributed by atoms with van der Waals surface area (Å²) in [5, 5.41) is 0. The molecule has 0 amide bonds. The summed E-state index contributed by atoms with van der Waals surface area (Å²) in [6, 6.07) is 3.61. The fraction of sp³-hybridized carbons (Fsp3) is 0.500. The first-order valence-corrected chi connectivity index (χ1v) is 9.30. The number of anilines is 3. The van der Waals surface area contributed by atoms with Crippen LogP contribution in [0, 0.1) is 0 Å². The third kappa shape index (κ3) is 3.07. The number of ether oxygens (including phenoxy) is 2. The number of hydrogen-bond acceptors (Lipinski definition) is 8. The van der Waals surface area contributed by atoms with E-state index in [9.17, 15) is 8.78 Å². The lowest BCUT2D eigenvalue weighted by molar-refractivity contribution is -0.0494. The summed E-state index contributed by atoms with van der Waals surface area (Å²) in [4.78, 5) is 17.7. The Morgan fingerprint density at radius 3 is 2.75 bits per heavy atom. The third-order valence-electron chi connectivity index (χ3n) is 5.43. The van der Waals surface area contributed by atoms with Crippen molar-refractivity contribution in [1.82, 2.24) is 15.0 Å². The van der Waals surface area contributed by atoms with Crippen molar-refractivity contribution >= 4 is 17.6 Å². The Morgan fingerprint density at radius 1 is 1.25 bits per heavy atom. The van der Waals surface area contributed by atoms with Gasteiger partial charge >= 0.3 is 6.61 Å². The molecule has 3 aliphatic rings. The molecule has 10 heteroatoms. The predicted octanol–water partition coefficient (Wildman–Crippen LogP) is 1.91. The van der Waals surface area contributed by atoms with Gasteiger partial charge < -0.3 is 25.0 Å². The highest BCUT2D eigenvalue weighted by Crippen LogP contribution is 2.35. The number of hydrogen-bond donors (Lipinski definition) is 1. The van der Waals surface area contributed by atoms with Gasteiger partial charge in [0.25, 0.3) is 0 Å². The first-order valence-electron chi connectivity index (χ1n) is 9.30. The third-order valence-corrected chi connectivity index (χ3v) is 5.43. The molecule has 2 bridgehead atoms. The molecular formula is C18H20F2N6O2. The van der Waals surface area contributed by atoms with Crippen LogP contribution in [0.3, 0.4) is 0 Å². The summed E-state index contributed by atoms with van der Waals surface area (Å²) in [7, 11) is 0. The molecule has 148 valence electrons. The normalized spacial score (nSPS) is 23.4. The minimum absolute atomic E-state index is 0.0877. The summed E-state index contributed by atoms with van der Waals surface area (Å²) in [5.74, 6) is 1.20. The average molecular weight is 390 g/mol. The molecule has 3 aliphatic heterocycles. The van der Waals surface area contributed by atoms with Crippen molar-refractivity contribution in [2.75, 3.05) is 41.8 Å². The van der Waals surface area contributed by atoms with Crippen LogP contribution in [-0.4, -0.2) is 60.0 Å². The maximum Gasteiger partial charge on any atom is 0.387 e. The number of pyridine rings is 1. The Labute approximate surface area is 160 Å². The molecule has 3 fully saturated rings. The number of morpholine rings is 1. The monoisotopic (exact) mass is 390 g/mol. The van der Waals surface area contributed by atoms with Gasteiger partial charge in [-0.1, -0.05) is 0 Å². The lowest BCUT2D eigenvalue weighted by Crippen LogP contribution is -2.40. The number of halogens is 2. The number of rotatable bonds is 5. The highest BCUT2D eigenvalue weighted by Gasteiger charge is 2.40. The van der Waals surface area contributed by atoms with Crippen LogP contribution in [0.25, 0.3) is 11.3 Å². The summed E-state index contributed by atoms with van der Waals surface area (Å²) in [6.45, 7) is 0.312. The smallest absolute Gasteiger partial charge is 0.387 e.